The maximum atomic E-state index is 13.1. The van der Waals surface area contributed by atoms with Crippen LogP contribution in [0.3, 0.4) is 0 Å². The Hall–Kier alpha value is -3.29. The van der Waals surface area contributed by atoms with E-state index in [4.69, 9.17) is 14.9 Å². The van der Waals surface area contributed by atoms with Crippen LogP contribution in [0.2, 0.25) is 0 Å². The number of carbonyl (C=O) groups excluding carboxylic acids is 3. The molecule has 1 saturated heterocycles. The van der Waals surface area contributed by atoms with Gasteiger partial charge in [-0.15, -0.1) is 0 Å². The summed E-state index contributed by atoms with van der Waals surface area (Å²) in [6.07, 6.45) is 0.758. The van der Waals surface area contributed by atoms with E-state index in [9.17, 15) is 14.4 Å². The lowest BCUT2D eigenvalue weighted by molar-refractivity contribution is -0.129. The Labute approximate surface area is 155 Å². The van der Waals surface area contributed by atoms with Gasteiger partial charge in [-0.3, -0.25) is 14.4 Å². The van der Waals surface area contributed by atoms with Crippen LogP contribution in [0.1, 0.15) is 12.2 Å². The fourth-order valence-corrected chi connectivity index (χ4v) is 3.49. The molecule has 1 aromatic carbocycles. The number of hydrogen-bond acceptors (Lipinski definition) is 5. The van der Waals surface area contributed by atoms with Crippen molar-refractivity contribution in [2.45, 2.75) is 19.1 Å². The molecule has 1 aromatic heterocycles. The molecule has 2 aromatic rings. The van der Waals surface area contributed by atoms with Crippen molar-refractivity contribution >= 4 is 23.4 Å². The fourth-order valence-electron chi connectivity index (χ4n) is 3.49. The number of para-hydroxylation sites is 2. The number of hydrogen-bond donors (Lipinski definition) is 1. The third-order valence-corrected chi connectivity index (χ3v) is 4.85. The van der Waals surface area contributed by atoms with Crippen molar-refractivity contribution in [1.29, 1.82) is 0 Å². The van der Waals surface area contributed by atoms with E-state index in [0.29, 0.717) is 30.3 Å². The average molecular weight is 369 g/mol. The summed E-state index contributed by atoms with van der Waals surface area (Å²) in [7, 11) is 0. The van der Waals surface area contributed by atoms with Crippen molar-refractivity contribution in [2.75, 3.05) is 18.0 Å². The van der Waals surface area contributed by atoms with Crippen molar-refractivity contribution in [1.82, 2.24) is 4.90 Å². The minimum atomic E-state index is -0.917. The van der Waals surface area contributed by atoms with Gasteiger partial charge in [0, 0.05) is 13.0 Å². The quantitative estimate of drug-likeness (QED) is 0.862. The van der Waals surface area contributed by atoms with Crippen molar-refractivity contribution < 1.29 is 23.5 Å². The summed E-state index contributed by atoms with van der Waals surface area (Å²) in [6, 6.07) is 10.5. The van der Waals surface area contributed by atoms with Gasteiger partial charge in [-0.1, -0.05) is 12.1 Å². The maximum Gasteiger partial charge on any atom is 0.260 e. The second kappa shape index (κ2) is 6.79. The van der Waals surface area contributed by atoms with Crippen LogP contribution in [0.15, 0.2) is 47.1 Å². The summed E-state index contributed by atoms with van der Waals surface area (Å²) in [5.74, 6) is -0.346. The first kappa shape index (κ1) is 17.1. The van der Waals surface area contributed by atoms with Gasteiger partial charge in [-0.25, -0.2) is 0 Å². The van der Waals surface area contributed by atoms with Crippen LogP contribution in [0.25, 0.3) is 0 Å². The van der Waals surface area contributed by atoms with Crippen LogP contribution in [-0.4, -0.2) is 41.8 Å². The topological polar surface area (TPSA) is 106 Å². The van der Waals surface area contributed by atoms with Gasteiger partial charge in [0.25, 0.3) is 5.91 Å². The van der Waals surface area contributed by atoms with Crippen molar-refractivity contribution in [3.63, 3.8) is 0 Å². The van der Waals surface area contributed by atoms with Crippen LogP contribution in [0, 0.1) is 5.92 Å². The maximum absolute atomic E-state index is 13.1. The Balaban J connectivity index is 1.53. The Morgan fingerprint density at radius 1 is 1.15 bits per heavy atom. The predicted octanol–water partition coefficient (Wildman–Crippen LogP) is 0.908. The van der Waals surface area contributed by atoms with Gasteiger partial charge in [-0.2, -0.15) is 0 Å². The Kier molecular flexibility index (Phi) is 4.31. The van der Waals surface area contributed by atoms with Crippen LogP contribution in [-0.2, 0) is 20.9 Å². The largest absolute Gasteiger partial charge is 0.477 e. The molecule has 8 heteroatoms. The van der Waals surface area contributed by atoms with Gasteiger partial charge in [0.2, 0.25) is 11.8 Å². The van der Waals surface area contributed by atoms with E-state index >= 15 is 0 Å². The minimum absolute atomic E-state index is 0.0358. The van der Waals surface area contributed by atoms with Crippen molar-refractivity contribution in [3.05, 3.63) is 48.4 Å². The van der Waals surface area contributed by atoms with Gasteiger partial charge < -0.3 is 24.7 Å². The summed E-state index contributed by atoms with van der Waals surface area (Å²) in [6.45, 7) is 0.673. The zero-order valence-electron chi connectivity index (χ0n) is 14.5. The molecule has 2 aliphatic heterocycles. The zero-order valence-corrected chi connectivity index (χ0v) is 14.5. The van der Waals surface area contributed by atoms with E-state index in [1.165, 1.54) is 4.90 Å². The molecule has 2 atom stereocenters. The van der Waals surface area contributed by atoms with E-state index < -0.39 is 17.9 Å². The van der Waals surface area contributed by atoms with Crippen LogP contribution in [0.4, 0.5) is 5.69 Å². The molecule has 1 fully saturated rings. The molecule has 2 N–H and O–H groups in total. The smallest absolute Gasteiger partial charge is 0.260 e. The molecular formula is C19H19N3O5. The first-order chi connectivity index (χ1) is 13.0. The number of ether oxygens (including phenoxy) is 1. The Morgan fingerprint density at radius 2 is 1.96 bits per heavy atom. The molecule has 0 saturated carbocycles. The monoisotopic (exact) mass is 369 g/mol. The van der Waals surface area contributed by atoms with E-state index in [2.05, 4.69) is 0 Å². The molecule has 2 aliphatic rings. The number of fused-ring (bicyclic) bond motifs is 1. The molecule has 27 heavy (non-hydrogen) atoms. The molecule has 0 bridgehead atoms. The standard InChI is InChI=1S/C19H19N3O5/c20-18(24)16-11-22(14-5-1-2-6-15(14)27-16)19(25)12-8-17(23)21(9-12)10-13-4-3-7-26-13/h1-7,12,16H,8-11H2,(H2,20,24)/t12-,16-/m0/s1. The number of nitrogens with zero attached hydrogens (tertiary/aromatic N) is 2. The highest BCUT2D eigenvalue weighted by Crippen LogP contribution is 2.35. The second-order valence-electron chi connectivity index (χ2n) is 6.68. The van der Waals surface area contributed by atoms with E-state index in [-0.39, 0.29) is 24.8 Å². The summed E-state index contributed by atoms with van der Waals surface area (Å²) in [5, 5.41) is 0. The first-order valence-corrected chi connectivity index (χ1v) is 8.69. The van der Waals surface area contributed by atoms with Crippen molar-refractivity contribution in [3.8, 4) is 5.75 Å². The van der Waals surface area contributed by atoms with Crippen LogP contribution >= 0.6 is 0 Å². The van der Waals surface area contributed by atoms with Gasteiger partial charge in [-0.05, 0) is 24.3 Å². The van der Waals surface area contributed by atoms with Gasteiger partial charge in [0.1, 0.15) is 11.5 Å². The molecule has 3 heterocycles. The van der Waals surface area contributed by atoms with Gasteiger partial charge >= 0.3 is 0 Å². The molecule has 4 rings (SSSR count). The Bertz CT molecular complexity index is 879. The number of furan rings is 1. The number of rotatable bonds is 4. The first-order valence-electron chi connectivity index (χ1n) is 8.69. The number of benzene rings is 1. The number of nitrogens with two attached hydrogens (primary N) is 1. The number of amides is 3. The van der Waals surface area contributed by atoms with E-state index in [1.807, 2.05) is 0 Å². The molecule has 140 valence electrons. The predicted molar refractivity (Wildman–Crippen MR) is 94.6 cm³/mol. The SMILES string of the molecule is NC(=O)[C@@H]1CN(C(=O)[C@H]2CC(=O)N(Cc3ccco3)C2)c2ccccc2O1. The van der Waals surface area contributed by atoms with Gasteiger partial charge in [0.15, 0.2) is 6.10 Å². The Morgan fingerprint density at radius 3 is 2.70 bits per heavy atom. The highest BCUT2D eigenvalue weighted by Gasteiger charge is 2.40. The third kappa shape index (κ3) is 3.25. The highest BCUT2D eigenvalue weighted by molar-refractivity contribution is 6.01. The van der Waals surface area contributed by atoms with Crippen molar-refractivity contribution in [2.24, 2.45) is 11.7 Å². The summed E-state index contributed by atoms with van der Waals surface area (Å²) < 4.78 is 10.9. The highest BCUT2D eigenvalue weighted by atomic mass is 16.5. The summed E-state index contributed by atoms with van der Waals surface area (Å²) in [4.78, 5) is 40.2. The second-order valence-corrected chi connectivity index (χ2v) is 6.68. The molecule has 8 nitrogen and oxygen atoms in total. The van der Waals surface area contributed by atoms with Crippen LogP contribution < -0.4 is 15.4 Å². The van der Waals surface area contributed by atoms with E-state index in [1.54, 1.807) is 47.6 Å². The third-order valence-electron chi connectivity index (χ3n) is 4.85. The summed E-state index contributed by atoms with van der Waals surface area (Å²) >= 11 is 0. The number of likely N-dealkylation sites (tertiary alicyclic amines) is 1. The number of primary amides is 1. The minimum Gasteiger partial charge on any atom is -0.477 e. The lowest BCUT2D eigenvalue weighted by Crippen LogP contribution is -2.51. The fraction of sp³-hybridized carbons (Fsp3) is 0.316. The molecule has 0 radical (unpaired) electrons. The number of anilines is 1. The van der Waals surface area contributed by atoms with Crippen LogP contribution in [0.5, 0.6) is 5.75 Å². The van der Waals surface area contributed by atoms with E-state index in [0.717, 1.165) is 0 Å². The number of carbonyl (C=O) groups is 3. The lowest BCUT2D eigenvalue weighted by Gasteiger charge is -2.34. The molecule has 3 amide bonds. The summed E-state index contributed by atoms with van der Waals surface area (Å²) in [5.41, 5.74) is 5.97. The normalized spacial score (nSPS) is 21.7. The van der Waals surface area contributed by atoms with Gasteiger partial charge in [0.05, 0.1) is 31.0 Å². The molecule has 0 spiro atoms. The molecule has 0 unspecified atom stereocenters. The average Bonchev–Trinajstić information content (AvgIpc) is 3.30. The molecular weight excluding hydrogens is 350 g/mol. The zero-order chi connectivity index (χ0) is 19.0. The lowest BCUT2D eigenvalue weighted by atomic mass is 10.0. The molecule has 0 aliphatic carbocycles.